The van der Waals surface area contributed by atoms with Gasteiger partial charge in [-0.3, -0.25) is 4.79 Å². The first-order chi connectivity index (χ1) is 14.0. The van der Waals surface area contributed by atoms with Gasteiger partial charge in [-0.15, -0.1) is 0 Å². The van der Waals surface area contributed by atoms with Gasteiger partial charge in [-0.05, 0) is 76.5 Å². The molecule has 168 valence electrons. The monoisotopic (exact) mass is 438 g/mol. The minimum absolute atomic E-state index is 0.209. The number of piperidine rings is 1. The van der Waals surface area contributed by atoms with Gasteiger partial charge in [0.15, 0.2) is 0 Å². The number of benzene rings is 1. The van der Waals surface area contributed by atoms with Crippen LogP contribution in [0.4, 0.5) is 4.79 Å². The van der Waals surface area contributed by atoms with Crippen molar-refractivity contribution in [1.82, 2.24) is 10.2 Å². The molecule has 1 aliphatic heterocycles. The number of halogens is 1. The van der Waals surface area contributed by atoms with Gasteiger partial charge in [0.05, 0.1) is 17.2 Å². The molecule has 1 aromatic carbocycles. The van der Waals surface area contributed by atoms with Gasteiger partial charge in [0.1, 0.15) is 11.4 Å². The number of amides is 2. The maximum absolute atomic E-state index is 12.2. The molecule has 2 amide bonds. The van der Waals surface area contributed by atoms with Crippen LogP contribution in [0.1, 0.15) is 70.2 Å². The van der Waals surface area contributed by atoms with Crippen LogP contribution in [0.2, 0.25) is 5.02 Å². The first kappa shape index (κ1) is 24.3. The Labute approximate surface area is 185 Å². The molecule has 0 aliphatic carbocycles. The van der Waals surface area contributed by atoms with E-state index in [1.165, 1.54) is 0 Å². The molecule has 30 heavy (non-hydrogen) atoms. The molecule has 0 radical (unpaired) electrons. The SMILES string of the molecule is CNC(=O)c1ccc(OCCCCC2(C)CCN(C(=O)OC(C)(C)C)CC2)cc1Cl. The van der Waals surface area contributed by atoms with Crippen LogP contribution in [0.25, 0.3) is 0 Å². The smallest absolute Gasteiger partial charge is 0.410 e. The number of hydrogen-bond donors (Lipinski definition) is 1. The van der Waals surface area contributed by atoms with E-state index >= 15 is 0 Å². The van der Waals surface area contributed by atoms with Gasteiger partial charge in [0.25, 0.3) is 5.91 Å². The summed E-state index contributed by atoms with van der Waals surface area (Å²) in [5, 5.41) is 2.95. The van der Waals surface area contributed by atoms with Crippen molar-refractivity contribution in [2.45, 2.75) is 65.4 Å². The molecule has 6 nitrogen and oxygen atoms in total. The number of carbonyl (C=O) groups is 2. The molecular formula is C23H35ClN2O4. The van der Waals surface area contributed by atoms with Crippen LogP contribution in [-0.4, -0.2) is 49.2 Å². The van der Waals surface area contributed by atoms with Gasteiger partial charge >= 0.3 is 6.09 Å². The quantitative estimate of drug-likeness (QED) is 0.587. The minimum Gasteiger partial charge on any atom is -0.494 e. The predicted octanol–water partition coefficient (Wildman–Crippen LogP) is 5.29. The summed E-state index contributed by atoms with van der Waals surface area (Å²) in [4.78, 5) is 25.7. The second-order valence-corrected chi connectivity index (χ2v) is 9.71. The van der Waals surface area contributed by atoms with Gasteiger partial charge in [0.2, 0.25) is 0 Å². The third kappa shape index (κ3) is 7.38. The van der Waals surface area contributed by atoms with E-state index in [1.54, 1.807) is 25.2 Å². The van der Waals surface area contributed by atoms with E-state index in [1.807, 2.05) is 25.7 Å². The zero-order valence-electron chi connectivity index (χ0n) is 18.8. The fourth-order valence-electron chi connectivity index (χ4n) is 3.55. The number of unbranched alkanes of at least 4 members (excludes halogenated alkanes) is 1. The van der Waals surface area contributed by atoms with Gasteiger partial charge in [0, 0.05) is 20.1 Å². The molecule has 1 saturated heterocycles. The van der Waals surface area contributed by atoms with Crippen molar-refractivity contribution in [3.63, 3.8) is 0 Å². The topological polar surface area (TPSA) is 67.9 Å². The molecule has 0 bridgehead atoms. The normalized spacial score (nSPS) is 16.1. The summed E-state index contributed by atoms with van der Waals surface area (Å²) < 4.78 is 11.3. The van der Waals surface area contributed by atoms with E-state index in [9.17, 15) is 9.59 Å². The molecule has 1 heterocycles. The standard InChI is InChI=1S/C23H35ClN2O4/c1-22(2,3)30-21(28)26-13-11-23(4,12-14-26)10-6-7-15-29-17-8-9-18(19(24)16-17)20(27)25-5/h8-9,16H,6-7,10-15H2,1-5H3,(H,25,27). The Morgan fingerprint density at radius 1 is 1.20 bits per heavy atom. The van der Waals surface area contributed by atoms with Gasteiger partial charge in [-0.25, -0.2) is 4.79 Å². The summed E-state index contributed by atoms with van der Waals surface area (Å²) in [6, 6.07) is 5.12. The Bertz CT molecular complexity index is 737. The van der Waals surface area contributed by atoms with Crippen LogP contribution in [0, 0.1) is 5.41 Å². The lowest BCUT2D eigenvalue weighted by Gasteiger charge is -2.40. The zero-order chi connectivity index (χ0) is 22.4. The first-order valence-corrected chi connectivity index (χ1v) is 11.0. The Morgan fingerprint density at radius 3 is 2.43 bits per heavy atom. The second kappa shape index (κ2) is 10.4. The Balaban J connectivity index is 1.69. The second-order valence-electron chi connectivity index (χ2n) is 9.30. The van der Waals surface area contributed by atoms with Crippen molar-refractivity contribution in [3.8, 4) is 5.75 Å². The van der Waals surface area contributed by atoms with Crippen molar-refractivity contribution in [3.05, 3.63) is 28.8 Å². The van der Waals surface area contributed by atoms with Crippen molar-refractivity contribution in [2.24, 2.45) is 5.41 Å². The fraction of sp³-hybridized carbons (Fsp3) is 0.652. The van der Waals surface area contributed by atoms with Crippen molar-refractivity contribution < 1.29 is 19.1 Å². The van der Waals surface area contributed by atoms with Crippen LogP contribution < -0.4 is 10.1 Å². The molecule has 0 unspecified atom stereocenters. The Morgan fingerprint density at radius 2 is 1.87 bits per heavy atom. The van der Waals surface area contributed by atoms with E-state index in [2.05, 4.69) is 12.2 Å². The number of nitrogens with one attached hydrogen (secondary N) is 1. The summed E-state index contributed by atoms with van der Waals surface area (Å²) in [6.07, 6.45) is 4.88. The Hall–Kier alpha value is -1.95. The molecule has 0 atom stereocenters. The van der Waals surface area contributed by atoms with Crippen LogP contribution in [0.5, 0.6) is 5.75 Å². The van der Waals surface area contributed by atoms with Crippen LogP contribution in [0.3, 0.4) is 0 Å². The lowest BCUT2D eigenvalue weighted by atomic mass is 9.76. The fourth-order valence-corrected chi connectivity index (χ4v) is 3.81. The lowest BCUT2D eigenvalue weighted by molar-refractivity contribution is 0.0107. The zero-order valence-corrected chi connectivity index (χ0v) is 19.6. The minimum atomic E-state index is -0.454. The molecule has 1 aromatic rings. The number of nitrogens with zero attached hydrogens (tertiary/aromatic N) is 1. The third-order valence-electron chi connectivity index (χ3n) is 5.48. The van der Waals surface area contributed by atoms with Crippen LogP contribution >= 0.6 is 11.6 Å². The number of rotatable bonds is 7. The maximum atomic E-state index is 12.2. The Kier molecular flexibility index (Phi) is 8.42. The van der Waals surface area contributed by atoms with E-state index in [4.69, 9.17) is 21.1 Å². The summed E-state index contributed by atoms with van der Waals surface area (Å²) >= 11 is 6.15. The summed E-state index contributed by atoms with van der Waals surface area (Å²) in [5.41, 5.74) is 0.235. The molecule has 2 rings (SSSR count). The van der Waals surface area contributed by atoms with Crippen molar-refractivity contribution in [1.29, 1.82) is 0 Å². The molecule has 1 fully saturated rings. The van der Waals surface area contributed by atoms with E-state index in [0.717, 1.165) is 45.2 Å². The highest BCUT2D eigenvalue weighted by atomic mass is 35.5. The molecule has 7 heteroatoms. The van der Waals surface area contributed by atoms with Gasteiger partial charge in [-0.2, -0.15) is 0 Å². The highest BCUT2D eigenvalue weighted by molar-refractivity contribution is 6.34. The molecule has 0 aromatic heterocycles. The van der Waals surface area contributed by atoms with Crippen molar-refractivity contribution >= 4 is 23.6 Å². The van der Waals surface area contributed by atoms with Crippen LogP contribution in [-0.2, 0) is 4.74 Å². The summed E-state index contributed by atoms with van der Waals surface area (Å²) in [6.45, 7) is 10.1. The van der Waals surface area contributed by atoms with E-state index in [0.29, 0.717) is 22.9 Å². The third-order valence-corrected chi connectivity index (χ3v) is 5.79. The average Bonchev–Trinajstić information content (AvgIpc) is 2.66. The number of likely N-dealkylation sites (tertiary alicyclic amines) is 1. The van der Waals surface area contributed by atoms with E-state index < -0.39 is 5.60 Å². The number of hydrogen-bond acceptors (Lipinski definition) is 4. The van der Waals surface area contributed by atoms with Crippen LogP contribution in [0.15, 0.2) is 18.2 Å². The maximum Gasteiger partial charge on any atom is 0.410 e. The lowest BCUT2D eigenvalue weighted by Crippen LogP contribution is -2.44. The van der Waals surface area contributed by atoms with E-state index in [-0.39, 0.29) is 17.4 Å². The first-order valence-electron chi connectivity index (χ1n) is 10.7. The predicted molar refractivity (Wildman–Crippen MR) is 119 cm³/mol. The highest BCUT2D eigenvalue weighted by Crippen LogP contribution is 2.36. The average molecular weight is 439 g/mol. The molecule has 1 aliphatic rings. The molecule has 0 saturated carbocycles. The molecule has 1 N–H and O–H groups in total. The molecule has 0 spiro atoms. The largest absolute Gasteiger partial charge is 0.494 e. The van der Waals surface area contributed by atoms with Gasteiger partial charge < -0.3 is 19.7 Å². The highest BCUT2D eigenvalue weighted by Gasteiger charge is 2.33. The molecular weight excluding hydrogens is 404 g/mol. The number of ether oxygens (including phenoxy) is 2. The number of carbonyl (C=O) groups excluding carboxylic acids is 2. The summed E-state index contributed by atoms with van der Waals surface area (Å²) in [7, 11) is 1.57. The van der Waals surface area contributed by atoms with Gasteiger partial charge in [-0.1, -0.05) is 18.5 Å². The summed E-state index contributed by atoms with van der Waals surface area (Å²) in [5.74, 6) is 0.460. The van der Waals surface area contributed by atoms with Crippen molar-refractivity contribution in [2.75, 3.05) is 26.7 Å².